The number of hydrogen-bond acceptors (Lipinski definition) is 24. The van der Waals surface area contributed by atoms with Gasteiger partial charge in [0.1, 0.15) is 55.6 Å². The fourth-order valence-electron chi connectivity index (χ4n) is 10.5. The molecule has 0 unspecified atom stereocenters. The predicted molar refractivity (Wildman–Crippen MR) is 297 cm³/mol. The van der Waals surface area contributed by atoms with Crippen LogP contribution in [0.5, 0.6) is 11.5 Å². The number of aryl methyl sites for hydroxylation is 1. The average Bonchev–Trinajstić information content (AvgIpc) is 1.48. The standard InChI is InChI=1S/C56H66F2N8O24/c1-6-56(26-17-31-37-24(19-66(31)49(76)25(26)21-85-53(56)81)22(2)35-30(62-37)18-27(57)36(58)44(35)84-5)90-55(83)65(4)15-14-64(3)54(82)86-20-23-10-11-32(87-52-43(74)39(70)41(72)46(89-52)51(79)80)29(16-23)61-34(68)12-13-60-47(75)28(59)8-7-9-33(67)63-48-42(73)38(69)40(71)45(88-48)50(77)78/h10-11,16-18,28,38-43,45-46,48,52,69-74H,6-9,12-15,19-21,59H2,1-5H3,(H,60,75)(H,61,68)(H,63,67)(H,77,78)(H,79,80)/t28-,38-,39-,40-,41-,42+,43+,45-,46-,48+,52+,56-/m0/s1. The molecule has 0 radical (unpaired) electrons. The first-order chi connectivity index (χ1) is 42.5. The van der Waals surface area contributed by atoms with Gasteiger partial charge in [-0.2, -0.15) is 4.39 Å². The number of aliphatic hydroxyl groups excluding tert-OH is 6. The molecule has 34 heteroatoms. The molecule has 4 aromatic rings. The Balaban J connectivity index is 0.876. The van der Waals surface area contributed by atoms with Crippen LogP contribution in [0.25, 0.3) is 22.3 Å². The van der Waals surface area contributed by atoms with Crippen LogP contribution in [-0.2, 0) is 77.8 Å². The highest BCUT2D eigenvalue weighted by Crippen LogP contribution is 2.44. The molecule has 2 aromatic heterocycles. The van der Waals surface area contributed by atoms with E-state index in [0.717, 1.165) is 15.9 Å². The number of rotatable bonds is 22. The smallest absolute Gasteiger partial charge is 0.411 e. The molecule has 2 saturated heterocycles. The Morgan fingerprint density at radius 1 is 0.856 bits per heavy atom. The highest BCUT2D eigenvalue weighted by atomic mass is 19.2. The number of hydrogen-bond donors (Lipinski definition) is 12. The summed E-state index contributed by atoms with van der Waals surface area (Å²) >= 11 is 0. The molecule has 2 aromatic carbocycles. The van der Waals surface area contributed by atoms with Crippen LogP contribution >= 0.6 is 0 Å². The molecule has 6 heterocycles. The molecule has 32 nitrogen and oxygen atoms in total. The van der Waals surface area contributed by atoms with Crippen molar-refractivity contribution in [2.45, 2.75) is 139 Å². The van der Waals surface area contributed by atoms with E-state index in [1.807, 2.05) is 0 Å². The van der Waals surface area contributed by atoms with Gasteiger partial charge in [0.05, 0.1) is 47.9 Å². The number of nitrogens with one attached hydrogen (secondary N) is 3. The van der Waals surface area contributed by atoms with E-state index in [1.165, 1.54) is 57.0 Å². The number of aromatic nitrogens is 2. The third-order valence-electron chi connectivity index (χ3n) is 15.7. The minimum Gasteiger partial charge on any atom is -0.493 e. The second-order valence-electron chi connectivity index (χ2n) is 21.6. The number of aliphatic hydroxyl groups is 6. The van der Waals surface area contributed by atoms with E-state index in [-0.39, 0.29) is 108 Å². The molecule has 5 amide bonds. The first kappa shape index (κ1) is 67.2. The summed E-state index contributed by atoms with van der Waals surface area (Å²) in [6, 6.07) is 4.96. The summed E-state index contributed by atoms with van der Waals surface area (Å²) < 4.78 is 69.0. The topological polar surface area (TPSA) is 466 Å². The van der Waals surface area contributed by atoms with Crippen LogP contribution in [0.15, 0.2) is 35.1 Å². The lowest BCUT2D eigenvalue weighted by molar-refractivity contribution is -0.271. The summed E-state index contributed by atoms with van der Waals surface area (Å²) in [4.78, 5) is 124. The molecule has 90 heavy (non-hydrogen) atoms. The average molecular weight is 1270 g/mol. The normalized spacial score (nSPS) is 24.4. The van der Waals surface area contributed by atoms with Crippen LogP contribution in [0.4, 0.5) is 24.1 Å². The number of esters is 1. The molecule has 4 aliphatic heterocycles. The highest BCUT2D eigenvalue weighted by molar-refractivity contribution is 5.94. The molecule has 0 bridgehead atoms. The number of carbonyl (C=O) groups is 8. The second kappa shape index (κ2) is 27.6. The van der Waals surface area contributed by atoms with Gasteiger partial charge >= 0.3 is 30.1 Å². The number of ether oxygens (including phenoxy) is 7. The summed E-state index contributed by atoms with van der Waals surface area (Å²) in [5.41, 5.74) is 4.69. The van der Waals surface area contributed by atoms with Crippen molar-refractivity contribution in [3.63, 3.8) is 0 Å². The van der Waals surface area contributed by atoms with E-state index in [4.69, 9.17) is 38.9 Å². The minimum absolute atomic E-state index is 0.0105. The Hall–Kier alpha value is -8.74. The van der Waals surface area contributed by atoms with Crippen molar-refractivity contribution in [1.29, 1.82) is 0 Å². The van der Waals surface area contributed by atoms with Gasteiger partial charge in [0.2, 0.25) is 35.4 Å². The molecule has 12 atom stereocenters. The molecule has 4 aliphatic rings. The van der Waals surface area contributed by atoms with Crippen molar-refractivity contribution in [3.8, 4) is 22.9 Å². The number of likely N-dealkylation sites (N-methyl/N-ethyl adjacent to an activating group) is 2. The number of carboxylic acid groups (broad SMARTS) is 2. The van der Waals surface area contributed by atoms with Gasteiger partial charge in [-0.15, -0.1) is 0 Å². The lowest BCUT2D eigenvalue weighted by Crippen LogP contribution is -2.64. The second-order valence-corrected chi connectivity index (χ2v) is 21.6. The lowest BCUT2D eigenvalue weighted by Gasteiger charge is -2.38. The number of fused-ring (bicyclic) bond motifs is 5. The number of methoxy groups -OCH3 is 1. The maximum absolute atomic E-state index is 14.8. The van der Waals surface area contributed by atoms with Gasteiger partial charge < -0.3 is 110 Å². The Bertz CT molecular complexity index is 3560. The van der Waals surface area contributed by atoms with Gasteiger partial charge in [-0.1, -0.05) is 13.0 Å². The van der Waals surface area contributed by atoms with Gasteiger partial charge in [-0.05, 0) is 55.5 Å². The van der Waals surface area contributed by atoms with E-state index >= 15 is 0 Å². The molecule has 488 valence electrons. The molecule has 8 rings (SSSR count). The SMILES string of the molecule is CC[C@@]1(OC(=O)N(C)CCN(C)C(=O)OCc2ccc(O[C@@H]3O[C@H](C(=O)O)[C@@H](O)[C@H](O)[C@H]3O)c(NC(=O)CCNC(=O)[C@@H](N)CCCC(=O)N[C@@H]3O[C@H](C(=O)O)[C@@H](O)[C@H](O)[C@H]3O)c2)C(=O)OCc2c1cc1n(c2=O)Cc2c-1nc1cc(F)c(F)c(OC)c1c2C. The van der Waals surface area contributed by atoms with E-state index in [1.54, 1.807) is 6.92 Å². The molecule has 0 saturated carbocycles. The first-order valence-electron chi connectivity index (χ1n) is 27.9. The zero-order valence-corrected chi connectivity index (χ0v) is 48.7. The summed E-state index contributed by atoms with van der Waals surface area (Å²) in [5.74, 6) is -9.77. The third kappa shape index (κ3) is 13.6. The van der Waals surface area contributed by atoms with Crippen molar-refractivity contribution in [3.05, 3.63) is 80.1 Å². The van der Waals surface area contributed by atoms with Gasteiger partial charge in [0.15, 0.2) is 30.0 Å². The number of cyclic esters (lactones) is 1. The molecular weight excluding hydrogens is 1210 g/mol. The summed E-state index contributed by atoms with van der Waals surface area (Å²) in [6.07, 6.45) is -22.7. The number of halogens is 2. The van der Waals surface area contributed by atoms with Crippen molar-refractivity contribution >= 4 is 64.4 Å². The lowest BCUT2D eigenvalue weighted by atomic mass is 9.85. The van der Waals surface area contributed by atoms with Gasteiger partial charge in [0, 0.05) is 69.2 Å². The zero-order chi connectivity index (χ0) is 66.0. The van der Waals surface area contributed by atoms with Crippen LogP contribution in [-0.4, -0.2) is 216 Å². The number of anilines is 1. The first-order valence-corrected chi connectivity index (χ1v) is 27.9. The maximum atomic E-state index is 14.8. The number of nitrogens with two attached hydrogens (primary N) is 1. The van der Waals surface area contributed by atoms with Crippen molar-refractivity contribution < 1.29 is 121 Å². The number of benzene rings is 2. The van der Waals surface area contributed by atoms with Crippen LogP contribution in [0.1, 0.15) is 66.8 Å². The van der Waals surface area contributed by atoms with E-state index < -0.39 is 158 Å². The number of pyridine rings is 2. The third-order valence-corrected chi connectivity index (χ3v) is 15.7. The van der Waals surface area contributed by atoms with E-state index in [2.05, 4.69) is 20.9 Å². The monoisotopic (exact) mass is 1270 g/mol. The zero-order valence-electron chi connectivity index (χ0n) is 48.7. The molecule has 13 N–H and O–H groups in total. The molecule has 0 spiro atoms. The van der Waals surface area contributed by atoms with Crippen molar-refractivity contribution in [1.82, 2.24) is 30.0 Å². The number of carboxylic acids is 2. The van der Waals surface area contributed by atoms with Crippen molar-refractivity contribution in [2.24, 2.45) is 5.73 Å². The predicted octanol–water partition coefficient (Wildman–Crippen LogP) is -1.76. The minimum atomic E-state index is -2.16. The number of nitrogens with zero attached hydrogens (tertiary/aromatic N) is 4. The van der Waals surface area contributed by atoms with Crippen LogP contribution in [0.2, 0.25) is 0 Å². The summed E-state index contributed by atoms with van der Waals surface area (Å²) in [6.45, 7) is 1.45. The fraction of sp³-hybridized carbons (Fsp3) is 0.500. The maximum Gasteiger partial charge on any atom is 0.411 e. The van der Waals surface area contributed by atoms with Crippen LogP contribution < -0.4 is 36.7 Å². The Labute approximate surface area is 507 Å². The van der Waals surface area contributed by atoms with Crippen molar-refractivity contribution in [2.75, 3.05) is 46.2 Å². The number of aliphatic carboxylic acids is 2. The van der Waals surface area contributed by atoms with E-state index in [9.17, 15) is 92.8 Å². The number of carbonyl (C=O) groups excluding carboxylic acids is 6. The Morgan fingerprint density at radius 2 is 1.51 bits per heavy atom. The fourth-order valence-corrected chi connectivity index (χ4v) is 10.5. The van der Waals surface area contributed by atoms with E-state index in [0.29, 0.717) is 11.1 Å². The van der Waals surface area contributed by atoms with Crippen LogP contribution in [0.3, 0.4) is 0 Å². The summed E-state index contributed by atoms with van der Waals surface area (Å²) in [7, 11) is 3.82. The van der Waals surface area contributed by atoms with Gasteiger partial charge in [-0.25, -0.2) is 33.3 Å². The molecular formula is C56H66F2N8O24. The Morgan fingerprint density at radius 3 is 2.17 bits per heavy atom. The Kier molecular flexibility index (Phi) is 20.6. The van der Waals surface area contributed by atoms with Gasteiger partial charge in [-0.3, -0.25) is 19.2 Å². The molecule has 2 fully saturated rings. The highest BCUT2D eigenvalue weighted by Gasteiger charge is 2.52. The largest absolute Gasteiger partial charge is 0.493 e. The summed E-state index contributed by atoms with van der Waals surface area (Å²) in [5, 5.41) is 87.5. The number of amides is 5. The van der Waals surface area contributed by atoms with Gasteiger partial charge in [0.25, 0.3) is 5.56 Å². The van der Waals surface area contributed by atoms with Crippen LogP contribution in [0, 0.1) is 18.6 Å². The molecule has 0 aliphatic carbocycles. The quantitative estimate of drug-likeness (QED) is 0.0270.